The predicted molar refractivity (Wildman–Crippen MR) is 91.4 cm³/mol. The van der Waals surface area contributed by atoms with Crippen molar-refractivity contribution in [3.05, 3.63) is 54.4 Å². The van der Waals surface area contributed by atoms with E-state index in [2.05, 4.69) is 20.2 Å². The number of anilines is 1. The molecule has 2 N–H and O–H groups in total. The summed E-state index contributed by atoms with van der Waals surface area (Å²) in [5.74, 6) is 0.683. The van der Waals surface area contributed by atoms with Crippen molar-refractivity contribution in [1.82, 2.24) is 15.3 Å². The number of benzene rings is 1. The van der Waals surface area contributed by atoms with Crippen LogP contribution in [0.5, 0.6) is 0 Å². The van der Waals surface area contributed by atoms with Gasteiger partial charge in [0.2, 0.25) is 11.9 Å². The molecule has 6 nitrogen and oxygen atoms in total. The fraction of sp³-hybridized carbons (Fsp3) is 0.389. The quantitative estimate of drug-likeness (QED) is 0.871. The molecule has 3 rings (SSSR count). The molecule has 0 bridgehead atoms. The second-order valence-corrected chi connectivity index (χ2v) is 5.96. The standard InChI is InChI=1S/C18H22N4O2/c23-13-16(14-5-2-1-3-6-14)21-17(24)15-7-11-22(12-8-15)18-19-9-4-10-20-18/h1-6,9-10,15-16,23H,7-8,11-13H2,(H,21,24)/t16-/m1/s1. The van der Waals surface area contributed by atoms with E-state index in [1.807, 2.05) is 30.3 Å². The van der Waals surface area contributed by atoms with Crippen molar-refractivity contribution in [2.45, 2.75) is 18.9 Å². The second kappa shape index (κ2) is 7.88. The molecular formula is C18H22N4O2. The molecule has 126 valence electrons. The molecule has 0 saturated carbocycles. The van der Waals surface area contributed by atoms with E-state index in [4.69, 9.17) is 0 Å². The maximum atomic E-state index is 12.5. The number of aliphatic hydroxyl groups is 1. The highest BCUT2D eigenvalue weighted by atomic mass is 16.3. The van der Waals surface area contributed by atoms with Crippen LogP contribution in [0.25, 0.3) is 0 Å². The van der Waals surface area contributed by atoms with Gasteiger partial charge in [-0.2, -0.15) is 0 Å². The molecule has 6 heteroatoms. The van der Waals surface area contributed by atoms with E-state index in [0.717, 1.165) is 31.5 Å². The van der Waals surface area contributed by atoms with Crippen molar-refractivity contribution in [2.24, 2.45) is 5.92 Å². The molecule has 0 aliphatic carbocycles. The van der Waals surface area contributed by atoms with Gasteiger partial charge < -0.3 is 15.3 Å². The van der Waals surface area contributed by atoms with Crippen LogP contribution >= 0.6 is 0 Å². The highest BCUT2D eigenvalue weighted by Gasteiger charge is 2.27. The maximum absolute atomic E-state index is 12.5. The molecule has 1 atom stereocenters. The zero-order valence-corrected chi connectivity index (χ0v) is 13.5. The van der Waals surface area contributed by atoms with Gasteiger partial charge in [-0.25, -0.2) is 9.97 Å². The number of aliphatic hydroxyl groups excluding tert-OH is 1. The van der Waals surface area contributed by atoms with Crippen LogP contribution in [0.15, 0.2) is 48.8 Å². The van der Waals surface area contributed by atoms with Crippen LogP contribution in [0.4, 0.5) is 5.95 Å². The lowest BCUT2D eigenvalue weighted by Gasteiger charge is -2.32. The van der Waals surface area contributed by atoms with Crippen molar-refractivity contribution in [2.75, 3.05) is 24.6 Å². The Morgan fingerprint density at radius 2 is 1.83 bits per heavy atom. The summed E-state index contributed by atoms with van der Waals surface area (Å²) in [6.07, 6.45) is 4.98. The summed E-state index contributed by atoms with van der Waals surface area (Å²) in [7, 11) is 0. The van der Waals surface area contributed by atoms with Crippen LogP contribution in [0, 0.1) is 5.92 Å². The van der Waals surface area contributed by atoms with E-state index in [0.29, 0.717) is 5.95 Å². The first-order valence-electron chi connectivity index (χ1n) is 8.26. The third-order valence-electron chi connectivity index (χ3n) is 4.40. The summed E-state index contributed by atoms with van der Waals surface area (Å²) in [6.45, 7) is 1.42. The fourth-order valence-corrected chi connectivity index (χ4v) is 3.01. The first kappa shape index (κ1) is 16.4. The molecule has 1 saturated heterocycles. The van der Waals surface area contributed by atoms with Gasteiger partial charge in [-0.15, -0.1) is 0 Å². The van der Waals surface area contributed by atoms with Gasteiger partial charge in [0.25, 0.3) is 0 Å². The second-order valence-electron chi connectivity index (χ2n) is 5.96. The molecule has 1 fully saturated rings. The highest BCUT2D eigenvalue weighted by molar-refractivity contribution is 5.79. The molecule has 1 aromatic carbocycles. The van der Waals surface area contributed by atoms with Gasteiger partial charge >= 0.3 is 0 Å². The Morgan fingerprint density at radius 3 is 2.46 bits per heavy atom. The minimum absolute atomic E-state index is 0.00605. The fourth-order valence-electron chi connectivity index (χ4n) is 3.01. The number of carbonyl (C=O) groups excluding carboxylic acids is 1. The number of amides is 1. The average Bonchev–Trinajstić information content (AvgIpc) is 2.67. The summed E-state index contributed by atoms with van der Waals surface area (Å²) in [5, 5.41) is 12.5. The molecule has 1 aliphatic heterocycles. The van der Waals surface area contributed by atoms with Gasteiger partial charge in [0.15, 0.2) is 0 Å². The van der Waals surface area contributed by atoms with Gasteiger partial charge in [-0.05, 0) is 24.5 Å². The largest absolute Gasteiger partial charge is 0.394 e. The number of aromatic nitrogens is 2. The number of hydrogen-bond acceptors (Lipinski definition) is 5. The van der Waals surface area contributed by atoms with Crippen molar-refractivity contribution in [3.8, 4) is 0 Å². The van der Waals surface area contributed by atoms with E-state index in [9.17, 15) is 9.90 Å². The Labute approximate surface area is 141 Å². The molecule has 24 heavy (non-hydrogen) atoms. The van der Waals surface area contributed by atoms with E-state index >= 15 is 0 Å². The lowest BCUT2D eigenvalue weighted by Crippen LogP contribution is -2.42. The molecule has 1 aliphatic rings. The Balaban J connectivity index is 1.55. The Kier molecular flexibility index (Phi) is 5.38. The minimum atomic E-state index is -0.353. The number of hydrogen-bond donors (Lipinski definition) is 2. The van der Waals surface area contributed by atoms with Crippen molar-refractivity contribution in [1.29, 1.82) is 0 Å². The molecule has 0 unspecified atom stereocenters. The van der Waals surface area contributed by atoms with Gasteiger partial charge in [0.05, 0.1) is 12.6 Å². The van der Waals surface area contributed by atoms with Gasteiger partial charge in [-0.3, -0.25) is 4.79 Å². The van der Waals surface area contributed by atoms with E-state index < -0.39 is 0 Å². The zero-order valence-electron chi connectivity index (χ0n) is 13.5. The SMILES string of the molecule is O=C(N[C@H](CO)c1ccccc1)C1CCN(c2ncccn2)CC1. The van der Waals surface area contributed by atoms with Crippen LogP contribution in [0.2, 0.25) is 0 Å². The molecule has 1 aromatic heterocycles. The van der Waals surface area contributed by atoms with Gasteiger partial charge in [-0.1, -0.05) is 30.3 Å². The third kappa shape index (κ3) is 3.89. The van der Waals surface area contributed by atoms with Crippen LogP contribution in [-0.2, 0) is 4.79 Å². The summed E-state index contributed by atoms with van der Waals surface area (Å²) in [4.78, 5) is 23.1. The molecular weight excluding hydrogens is 304 g/mol. The number of nitrogens with one attached hydrogen (secondary N) is 1. The van der Waals surface area contributed by atoms with Crippen LogP contribution < -0.4 is 10.2 Å². The lowest BCUT2D eigenvalue weighted by atomic mass is 9.95. The van der Waals surface area contributed by atoms with Crippen molar-refractivity contribution < 1.29 is 9.90 Å². The van der Waals surface area contributed by atoms with E-state index in [1.165, 1.54) is 0 Å². The number of rotatable bonds is 5. The lowest BCUT2D eigenvalue weighted by molar-refractivity contribution is -0.126. The van der Waals surface area contributed by atoms with Gasteiger partial charge in [0, 0.05) is 31.4 Å². The summed E-state index contributed by atoms with van der Waals surface area (Å²) < 4.78 is 0. The molecule has 0 radical (unpaired) electrons. The normalized spacial score (nSPS) is 16.6. The van der Waals surface area contributed by atoms with Gasteiger partial charge in [0.1, 0.15) is 0 Å². The Morgan fingerprint density at radius 1 is 1.17 bits per heavy atom. The Bertz CT molecular complexity index is 643. The summed E-state index contributed by atoms with van der Waals surface area (Å²) in [6, 6.07) is 11.0. The van der Waals surface area contributed by atoms with E-state index in [-0.39, 0.29) is 24.5 Å². The Hall–Kier alpha value is -2.47. The van der Waals surface area contributed by atoms with Crippen molar-refractivity contribution >= 4 is 11.9 Å². The van der Waals surface area contributed by atoms with Crippen molar-refractivity contribution in [3.63, 3.8) is 0 Å². The smallest absolute Gasteiger partial charge is 0.225 e. The van der Waals surface area contributed by atoms with Crippen LogP contribution in [0.3, 0.4) is 0 Å². The number of piperidine rings is 1. The van der Waals surface area contributed by atoms with Crippen LogP contribution in [-0.4, -0.2) is 40.7 Å². The summed E-state index contributed by atoms with van der Waals surface area (Å²) >= 11 is 0. The topological polar surface area (TPSA) is 78.4 Å². The maximum Gasteiger partial charge on any atom is 0.225 e. The molecule has 2 heterocycles. The molecule has 1 amide bonds. The molecule has 2 aromatic rings. The highest BCUT2D eigenvalue weighted by Crippen LogP contribution is 2.22. The first-order chi connectivity index (χ1) is 11.8. The summed E-state index contributed by atoms with van der Waals surface area (Å²) in [5.41, 5.74) is 0.920. The number of nitrogens with zero attached hydrogens (tertiary/aromatic N) is 3. The number of carbonyl (C=O) groups is 1. The van der Waals surface area contributed by atoms with E-state index in [1.54, 1.807) is 18.5 Å². The van der Waals surface area contributed by atoms with Crippen LogP contribution in [0.1, 0.15) is 24.4 Å². The molecule has 0 spiro atoms. The predicted octanol–water partition coefficient (Wildman–Crippen LogP) is 1.54. The zero-order chi connectivity index (χ0) is 16.8. The minimum Gasteiger partial charge on any atom is -0.394 e. The average molecular weight is 326 g/mol. The third-order valence-corrected chi connectivity index (χ3v) is 4.40. The first-order valence-corrected chi connectivity index (χ1v) is 8.26. The monoisotopic (exact) mass is 326 g/mol.